The van der Waals surface area contributed by atoms with Crippen molar-refractivity contribution in [1.82, 2.24) is 4.90 Å². The second kappa shape index (κ2) is 28.9. The fourth-order valence-electron chi connectivity index (χ4n) is 6.85. The maximum absolute atomic E-state index is 12.7. The first-order chi connectivity index (χ1) is 27.3. The zero-order valence-electron chi connectivity index (χ0n) is 37.0. The number of aryl methyl sites for hydroxylation is 4. The molecular formula is C45H78NO10P. The molecular weight excluding hydrogens is 745 g/mol. The van der Waals surface area contributed by atoms with Gasteiger partial charge in [-0.1, -0.05) is 78.1 Å². The van der Waals surface area contributed by atoms with Crippen LogP contribution in [0.5, 0.6) is 0 Å². The van der Waals surface area contributed by atoms with E-state index in [0.29, 0.717) is 19.4 Å². The number of phosphoric ester groups is 1. The Morgan fingerprint density at radius 1 is 0.596 bits per heavy atom. The van der Waals surface area contributed by atoms with Crippen molar-refractivity contribution >= 4 is 19.8 Å². The molecule has 0 aliphatic heterocycles. The van der Waals surface area contributed by atoms with Crippen LogP contribution in [-0.4, -0.2) is 68.3 Å². The van der Waals surface area contributed by atoms with Gasteiger partial charge in [-0.3, -0.25) is 18.6 Å². The third-order valence-corrected chi connectivity index (χ3v) is 11.8. The van der Waals surface area contributed by atoms with E-state index >= 15 is 0 Å². The number of furan rings is 2. The summed E-state index contributed by atoms with van der Waals surface area (Å²) in [5, 5.41) is 0. The molecule has 2 atom stereocenters. The van der Waals surface area contributed by atoms with Crippen LogP contribution in [0.25, 0.3) is 0 Å². The average Bonchev–Trinajstić information content (AvgIpc) is 3.59. The third-order valence-electron chi connectivity index (χ3n) is 10.8. The van der Waals surface area contributed by atoms with Crippen molar-refractivity contribution in [2.24, 2.45) is 0 Å². The average molecular weight is 824 g/mol. The largest absolute Gasteiger partial charge is 0.472 e. The van der Waals surface area contributed by atoms with Gasteiger partial charge in [0.05, 0.1) is 13.2 Å². The molecule has 0 aliphatic rings. The minimum atomic E-state index is -4.39. The summed E-state index contributed by atoms with van der Waals surface area (Å²) in [7, 11) is -0.756. The minimum Gasteiger partial charge on any atom is -0.466 e. The van der Waals surface area contributed by atoms with E-state index in [-0.39, 0.29) is 26.1 Å². The highest BCUT2D eigenvalue weighted by Crippen LogP contribution is 2.43. The number of carbonyl (C=O) groups is 2. The van der Waals surface area contributed by atoms with E-state index in [1.165, 1.54) is 41.5 Å². The van der Waals surface area contributed by atoms with Crippen molar-refractivity contribution in [3.8, 4) is 0 Å². The first-order valence-electron chi connectivity index (χ1n) is 22.0. The molecule has 2 rings (SSSR count). The number of carbonyl (C=O) groups excluding carboxylic acids is 2. The van der Waals surface area contributed by atoms with E-state index in [1.807, 2.05) is 19.0 Å². The molecule has 2 aromatic rings. The lowest BCUT2D eigenvalue weighted by Gasteiger charge is -2.20. The normalized spacial score (nSPS) is 13.3. The highest BCUT2D eigenvalue weighted by molar-refractivity contribution is 7.47. The van der Waals surface area contributed by atoms with Gasteiger partial charge in [0.1, 0.15) is 29.6 Å². The van der Waals surface area contributed by atoms with E-state index < -0.39 is 32.5 Å². The Kier molecular flexibility index (Phi) is 25.7. The molecule has 0 radical (unpaired) electrons. The predicted octanol–water partition coefficient (Wildman–Crippen LogP) is 11.2. The van der Waals surface area contributed by atoms with Crippen LogP contribution in [0, 0.1) is 27.7 Å². The number of likely N-dealkylation sites (N-methyl/N-ethyl adjacent to an activating group) is 1. The molecule has 0 spiro atoms. The summed E-state index contributed by atoms with van der Waals surface area (Å²) < 4.78 is 45.9. The molecule has 328 valence electrons. The number of unbranched alkanes of at least 4 members (excludes halogenated alkanes) is 12. The summed E-state index contributed by atoms with van der Waals surface area (Å²) in [6.07, 6.45) is 19.8. The van der Waals surface area contributed by atoms with E-state index in [4.69, 9.17) is 27.4 Å². The molecule has 2 heterocycles. The zero-order chi connectivity index (χ0) is 42.1. The first-order valence-corrected chi connectivity index (χ1v) is 23.5. The third kappa shape index (κ3) is 21.4. The zero-order valence-corrected chi connectivity index (χ0v) is 37.9. The molecule has 0 fully saturated rings. The van der Waals surface area contributed by atoms with E-state index in [9.17, 15) is 19.0 Å². The molecule has 0 bridgehead atoms. The van der Waals surface area contributed by atoms with Gasteiger partial charge in [-0.25, -0.2) is 4.57 Å². The van der Waals surface area contributed by atoms with Crippen LogP contribution in [-0.2, 0) is 58.4 Å². The molecule has 0 saturated carbocycles. The fourth-order valence-corrected chi connectivity index (χ4v) is 7.59. The number of rotatable bonds is 34. The number of hydrogen-bond donors (Lipinski definition) is 1. The Morgan fingerprint density at radius 2 is 1.04 bits per heavy atom. The van der Waals surface area contributed by atoms with E-state index in [1.54, 1.807) is 0 Å². The lowest BCUT2D eigenvalue weighted by atomic mass is 10.0. The minimum absolute atomic E-state index is 0.00828. The van der Waals surface area contributed by atoms with Crippen LogP contribution >= 0.6 is 7.82 Å². The molecule has 1 N–H and O–H groups in total. The Bertz CT molecular complexity index is 1460. The monoisotopic (exact) mass is 824 g/mol. The number of nitrogens with zero attached hydrogens (tertiary/aromatic N) is 1. The van der Waals surface area contributed by atoms with Crippen LogP contribution in [0.15, 0.2) is 8.83 Å². The second-order valence-corrected chi connectivity index (χ2v) is 17.5. The van der Waals surface area contributed by atoms with Crippen LogP contribution in [0.3, 0.4) is 0 Å². The Hall–Kier alpha value is -2.43. The molecule has 57 heavy (non-hydrogen) atoms. The SMILES string of the molecule is CCCCCc1oc(CCCCCCCCC(=O)OC[C@H](COP(=O)(O)OCCN(C)C)OC(=O)CCCCCCCCc2oc(CCC)c(C)c2C)c(C)c1C. The summed E-state index contributed by atoms with van der Waals surface area (Å²) in [5.41, 5.74) is 5.18. The molecule has 1 unspecified atom stereocenters. The molecule has 11 nitrogen and oxygen atoms in total. The van der Waals surface area contributed by atoms with E-state index in [2.05, 4.69) is 41.5 Å². The molecule has 0 aliphatic carbocycles. The lowest BCUT2D eigenvalue weighted by molar-refractivity contribution is -0.161. The van der Waals surface area contributed by atoms with Gasteiger partial charge in [0.15, 0.2) is 6.10 Å². The molecule has 0 saturated heterocycles. The summed E-state index contributed by atoms with van der Waals surface area (Å²) >= 11 is 0. The van der Waals surface area contributed by atoms with Gasteiger partial charge >= 0.3 is 19.8 Å². The number of ether oxygens (including phenoxy) is 2. The van der Waals surface area contributed by atoms with Crippen LogP contribution in [0.1, 0.15) is 175 Å². The van der Waals surface area contributed by atoms with Crippen molar-refractivity contribution in [2.75, 3.05) is 40.5 Å². The van der Waals surface area contributed by atoms with Crippen molar-refractivity contribution in [3.05, 3.63) is 45.3 Å². The topological polar surface area (TPSA) is 138 Å². The molecule has 2 aromatic heterocycles. The predicted molar refractivity (Wildman–Crippen MR) is 227 cm³/mol. The van der Waals surface area contributed by atoms with Crippen molar-refractivity contribution < 1.29 is 46.4 Å². The first kappa shape index (κ1) is 50.7. The van der Waals surface area contributed by atoms with Gasteiger partial charge in [0.2, 0.25) is 0 Å². The van der Waals surface area contributed by atoms with Crippen molar-refractivity contribution in [1.29, 1.82) is 0 Å². The Labute approximate surface area is 344 Å². The second-order valence-electron chi connectivity index (χ2n) is 16.0. The summed E-state index contributed by atoms with van der Waals surface area (Å²) in [5.74, 6) is 3.65. The molecule has 0 aromatic carbocycles. The maximum atomic E-state index is 12.7. The Morgan fingerprint density at radius 3 is 1.51 bits per heavy atom. The number of phosphoric acid groups is 1. The standard InChI is InChI=1S/C45H78NO10P/c1-9-11-20-26-41-37(5)38(6)43(56-41)28-22-16-12-14-18-23-29-44(47)51-33-39(34-53-57(49,50)52-32-31-46(7)8)54-45(48)30-24-19-15-13-17-21-27-42-36(4)35(3)40(55-42)25-10-2/h39H,9-34H2,1-8H3,(H,49,50)/t39-/m1/s1. The van der Waals surface area contributed by atoms with Gasteiger partial charge in [-0.2, -0.15) is 0 Å². The summed E-state index contributed by atoms with van der Waals surface area (Å²) in [6, 6.07) is 0. The van der Waals surface area contributed by atoms with Gasteiger partial charge in [0.25, 0.3) is 0 Å². The quantitative estimate of drug-likeness (QED) is 0.0410. The van der Waals surface area contributed by atoms with Crippen LogP contribution < -0.4 is 0 Å². The van der Waals surface area contributed by atoms with Crippen LogP contribution in [0.4, 0.5) is 0 Å². The van der Waals surface area contributed by atoms with Crippen molar-refractivity contribution in [2.45, 2.75) is 189 Å². The van der Waals surface area contributed by atoms with Gasteiger partial charge < -0.3 is 28.1 Å². The Balaban J connectivity index is 1.68. The van der Waals surface area contributed by atoms with Crippen LogP contribution in [0.2, 0.25) is 0 Å². The number of esters is 2. The van der Waals surface area contributed by atoms with E-state index in [0.717, 1.165) is 119 Å². The van der Waals surface area contributed by atoms with Crippen molar-refractivity contribution in [3.63, 3.8) is 0 Å². The molecule has 0 amide bonds. The number of hydrogen-bond acceptors (Lipinski definition) is 10. The fraction of sp³-hybridized carbons (Fsp3) is 0.778. The summed E-state index contributed by atoms with van der Waals surface area (Å²) in [6.45, 7) is 12.7. The van der Waals surface area contributed by atoms with Gasteiger partial charge in [0, 0.05) is 45.1 Å². The highest BCUT2D eigenvalue weighted by atomic mass is 31.2. The van der Waals surface area contributed by atoms with Gasteiger partial charge in [-0.15, -0.1) is 0 Å². The maximum Gasteiger partial charge on any atom is 0.472 e. The smallest absolute Gasteiger partial charge is 0.466 e. The highest BCUT2D eigenvalue weighted by Gasteiger charge is 2.26. The summed E-state index contributed by atoms with van der Waals surface area (Å²) in [4.78, 5) is 37.3. The molecule has 12 heteroatoms. The lowest BCUT2D eigenvalue weighted by Crippen LogP contribution is -2.29. The van der Waals surface area contributed by atoms with Gasteiger partial charge in [-0.05, 0) is 103 Å².